The standard InChI is InChI=1S/C27H24FNO5/c28-22-11-8-20(9-12-22)25(31)15-10-21(16-18-6-13-23(30)14-7-18)26(32)29-24(17-34-27(29)33)19-4-2-1-3-5-19/h1-9,11-14,16,24-25,30-31H,10,15,17H2/t24-,25-/m1/s1. The predicted molar refractivity (Wildman–Crippen MR) is 124 cm³/mol. The minimum atomic E-state index is -0.924. The molecule has 3 aromatic rings. The third kappa shape index (κ3) is 5.32. The van der Waals surface area contributed by atoms with E-state index in [0.717, 1.165) is 10.5 Å². The Balaban J connectivity index is 1.61. The number of hydrogen-bond donors (Lipinski definition) is 2. The molecule has 1 aliphatic rings. The van der Waals surface area contributed by atoms with Crippen molar-refractivity contribution in [1.29, 1.82) is 0 Å². The lowest BCUT2D eigenvalue weighted by Crippen LogP contribution is -2.35. The maximum atomic E-state index is 13.6. The quantitative estimate of drug-likeness (QED) is 0.475. The SMILES string of the molecule is O=C1OC[C@H](c2ccccc2)N1C(=O)C(=Cc1ccc(O)cc1)CC[C@@H](O)c1ccc(F)cc1. The Morgan fingerprint density at radius 3 is 2.41 bits per heavy atom. The molecule has 0 aromatic heterocycles. The summed E-state index contributed by atoms with van der Waals surface area (Å²) in [6.07, 6.45) is 0.317. The van der Waals surface area contributed by atoms with Gasteiger partial charge in [-0.15, -0.1) is 0 Å². The van der Waals surface area contributed by atoms with Gasteiger partial charge in [-0.1, -0.05) is 54.6 Å². The fraction of sp³-hybridized carbons (Fsp3) is 0.185. The summed E-state index contributed by atoms with van der Waals surface area (Å²) in [5.74, 6) is -0.835. The van der Waals surface area contributed by atoms with Gasteiger partial charge in [0.25, 0.3) is 5.91 Å². The van der Waals surface area contributed by atoms with E-state index in [0.29, 0.717) is 16.7 Å². The number of nitrogens with zero attached hydrogens (tertiary/aromatic N) is 1. The van der Waals surface area contributed by atoms with Crippen molar-refractivity contribution < 1.29 is 28.9 Å². The van der Waals surface area contributed by atoms with E-state index in [-0.39, 0.29) is 25.2 Å². The molecule has 1 heterocycles. The van der Waals surface area contributed by atoms with Crippen LogP contribution in [0.3, 0.4) is 0 Å². The van der Waals surface area contributed by atoms with Crippen LogP contribution >= 0.6 is 0 Å². The summed E-state index contributed by atoms with van der Waals surface area (Å²) >= 11 is 0. The van der Waals surface area contributed by atoms with E-state index < -0.39 is 30.0 Å². The lowest BCUT2D eigenvalue weighted by atomic mass is 9.98. The molecule has 2 amide bonds. The summed E-state index contributed by atoms with van der Waals surface area (Å²) in [7, 11) is 0. The number of aliphatic hydroxyl groups excluding tert-OH is 1. The van der Waals surface area contributed by atoms with Gasteiger partial charge < -0.3 is 14.9 Å². The molecule has 2 atom stereocenters. The van der Waals surface area contributed by atoms with Crippen LogP contribution in [0.1, 0.15) is 41.7 Å². The summed E-state index contributed by atoms with van der Waals surface area (Å²) in [5, 5.41) is 20.2. The zero-order valence-electron chi connectivity index (χ0n) is 18.3. The molecule has 0 unspecified atom stereocenters. The van der Waals surface area contributed by atoms with Crippen LogP contribution in [0.4, 0.5) is 9.18 Å². The monoisotopic (exact) mass is 461 g/mol. The number of imide groups is 1. The number of aliphatic hydroxyl groups is 1. The van der Waals surface area contributed by atoms with Crippen molar-refractivity contribution in [3.63, 3.8) is 0 Å². The first-order valence-corrected chi connectivity index (χ1v) is 10.9. The second kappa shape index (κ2) is 10.3. The van der Waals surface area contributed by atoms with Gasteiger partial charge in [0.15, 0.2) is 0 Å². The number of halogens is 1. The molecule has 0 aliphatic carbocycles. The Morgan fingerprint density at radius 2 is 1.74 bits per heavy atom. The number of benzene rings is 3. The third-order valence-corrected chi connectivity index (χ3v) is 5.73. The molecule has 0 radical (unpaired) electrons. The van der Waals surface area contributed by atoms with E-state index in [1.807, 2.05) is 30.3 Å². The van der Waals surface area contributed by atoms with Crippen molar-refractivity contribution in [2.75, 3.05) is 6.61 Å². The largest absolute Gasteiger partial charge is 0.508 e. The van der Waals surface area contributed by atoms with Gasteiger partial charge in [0.1, 0.15) is 24.2 Å². The number of amides is 2. The second-order valence-electron chi connectivity index (χ2n) is 8.05. The van der Waals surface area contributed by atoms with Gasteiger partial charge >= 0.3 is 6.09 Å². The molecule has 174 valence electrons. The molecule has 1 fully saturated rings. The molecule has 2 N–H and O–H groups in total. The van der Waals surface area contributed by atoms with Crippen LogP contribution in [-0.4, -0.2) is 33.7 Å². The van der Waals surface area contributed by atoms with Crippen molar-refractivity contribution in [3.8, 4) is 5.75 Å². The summed E-state index contributed by atoms with van der Waals surface area (Å²) in [5.41, 5.74) is 2.26. The van der Waals surface area contributed by atoms with Crippen molar-refractivity contribution in [1.82, 2.24) is 4.90 Å². The van der Waals surface area contributed by atoms with Crippen LogP contribution in [0.5, 0.6) is 5.75 Å². The predicted octanol–water partition coefficient (Wildman–Crippen LogP) is 5.15. The van der Waals surface area contributed by atoms with Crippen LogP contribution in [-0.2, 0) is 9.53 Å². The fourth-order valence-corrected chi connectivity index (χ4v) is 3.88. The molecule has 34 heavy (non-hydrogen) atoms. The number of aromatic hydroxyl groups is 1. The fourth-order valence-electron chi connectivity index (χ4n) is 3.88. The summed E-state index contributed by atoms with van der Waals surface area (Å²) < 4.78 is 18.4. The Bertz CT molecular complexity index is 1180. The summed E-state index contributed by atoms with van der Waals surface area (Å²) in [6.45, 7) is 0.0548. The minimum Gasteiger partial charge on any atom is -0.508 e. The van der Waals surface area contributed by atoms with Gasteiger partial charge in [-0.3, -0.25) is 4.79 Å². The first kappa shape index (κ1) is 23.2. The van der Waals surface area contributed by atoms with E-state index in [1.54, 1.807) is 18.2 Å². The van der Waals surface area contributed by atoms with Gasteiger partial charge in [-0.05, 0) is 59.9 Å². The van der Waals surface area contributed by atoms with E-state index in [1.165, 1.54) is 36.4 Å². The van der Waals surface area contributed by atoms with Crippen LogP contribution in [0.2, 0.25) is 0 Å². The number of rotatable bonds is 7. The van der Waals surface area contributed by atoms with E-state index >= 15 is 0 Å². The smallest absolute Gasteiger partial charge is 0.417 e. The van der Waals surface area contributed by atoms with Crippen molar-refractivity contribution >= 4 is 18.1 Å². The average Bonchev–Trinajstić information content (AvgIpc) is 3.24. The molecule has 0 spiro atoms. The highest BCUT2D eigenvalue weighted by Gasteiger charge is 2.40. The number of phenolic OH excluding ortho intramolecular Hbond substituents is 1. The summed E-state index contributed by atoms with van der Waals surface area (Å²) in [6, 6.07) is 20.4. The molecule has 0 bridgehead atoms. The first-order valence-electron chi connectivity index (χ1n) is 10.9. The summed E-state index contributed by atoms with van der Waals surface area (Å²) in [4.78, 5) is 27.2. The molecular formula is C27H24FNO5. The Hall–Kier alpha value is -3.97. The van der Waals surface area contributed by atoms with Gasteiger partial charge in [-0.2, -0.15) is 0 Å². The number of ether oxygens (including phenoxy) is 1. The maximum Gasteiger partial charge on any atom is 0.417 e. The van der Waals surface area contributed by atoms with Gasteiger partial charge in [0.05, 0.1) is 6.10 Å². The molecule has 6 nitrogen and oxygen atoms in total. The molecule has 3 aromatic carbocycles. The van der Waals surface area contributed by atoms with Crippen LogP contribution in [0.15, 0.2) is 84.4 Å². The molecule has 0 saturated carbocycles. The molecule has 1 saturated heterocycles. The lowest BCUT2D eigenvalue weighted by Gasteiger charge is -2.22. The van der Waals surface area contributed by atoms with Crippen molar-refractivity contribution in [2.24, 2.45) is 0 Å². The highest BCUT2D eigenvalue weighted by Crippen LogP contribution is 2.31. The number of carbonyl (C=O) groups is 2. The topological polar surface area (TPSA) is 87.1 Å². The van der Waals surface area contributed by atoms with Crippen molar-refractivity contribution in [3.05, 3.63) is 107 Å². The minimum absolute atomic E-state index is 0.0548. The Morgan fingerprint density at radius 1 is 1.06 bits per heavy atom. The van der Waals surface area contributed by atoms with E-state index in [2.05, 4.69) is 0 Å². The van der Waals surface area contributed by atoms with E-state index in [9.17, 15) is 24.2 Å². The Labute approximate surface area is 196 Å². The maximum absolute atomic E-state index is 13.6. The molecule has 1 aliphatic heterocycles. The lowest BCUT2D eigenvalue weighted by molar-refractivity contribution is -0.125. The van der Waals surface area contributed by atoms with E-state index in [4.69, 9.17) is 4.74 Å². The number of phenols is 1. The third-order valence-electron chi connectivity index (χ3n) is 5.73. The van der Waals surface area contributed by atoms with Gasteiger partial charge in [0, 0.05) is 5.57 Å². The zero-order valence-corrected chi connectivity index (χ0v) is 18.3. The number of carbonyl (C=O) groups excluding carboxylic acids is 2. The van der Waals surface area contributed by atoms with Gasteiger partial charge in [-0.25, -0.2) is 14.1 Å². The Kier molecular flexibility index (Phi) is 7.04. The second-order valence-corrected chi connectivity index (χ2v) is 8.05. The van der Waals surface area contributed by atoms with Crippen molar-refractivity contribution in [2.45, 2.75) is 25.0 Å². The van der Waals surface area contributed by atoms with Crippen LogP contribution in [0, 0.1) is 5.82 Å². The molecule has 4 rings (SSSR count). The zero-order chi connectivity index (χ0) is 24.1. The van der Waals surface area contributed by atoms with Crippen LogP contribution in [0.25, 0.3) is 6.08 Å². The van der Waals surface area contributed by atoms with Gasteiger partial charge in [0.2, 0.25) is 0 Å². The molecular weight excluding hydrogens is 437 g/mol. The average molecular weight is 461 g/mol. The normalized spacial score (nSPS) is 16.9. The number of cyclic esters (lactones) is 1. The first-order chi connectivity index (χ1) is 16.4. The highest BCUT2D eigenvalue weighted by molar-refractivity contribution is 6.06. The highest BCUT2D eigenvalue weighted by atomic mass is 19.1. The molecule has 7 heteroatoms. The number of hydrogen-bond acceptors (Lipinski definition) is 5. The van der Waals surface area contributed by atoms with Crippen LogP contribution < -0.4 is 0 Å².